The van der Waals surface area contributed by atoms with Gasteiger partial charge in [-0.3, -0.25) is 14.5 Å². The Hall–Kier alpha value is -1.59. The van der Waals surface area contributed by atoms with Crippen LogP contribution in [-0.2, 0) is 20.9 Å². The van der Waals surface area contributed by atoms with Gasteiger partial charge in [0.05, 0.1) is 6.54 Å². The second kappa shape index (κ2) is 4.73. The Balaban J connectivity index is 2.21. The van der Waals surface area contributed by atoms with Gasteiger partial charge in [0, 0.05) is 10.7 Å². The summed E-state index contributed by atoms with van der Waals surface area (Å²) in [5.41, 5.74) is 6.91. The van der Waals surface area contributed by atoms with Crippen LogP contribution in [0.5, 0.6) is 0 Å². The van der Waals surface area contributed by atoms with Crippen LogP contribution in [0.2, 0.25) is 5.02 Å². The van der Waals surface area contributed by atoms with Crippen molar-refractivity contribution in [3.63, 3.8) is 0 Å². The van der Waals surface area contributed by atoms with Crippen LogP contribution in [0.15, 0.2) is 18.2 Å². The molecule has 0 spiro atoms. The number of nitrogen functional groups attached to an aromatic ring is 1. The number of carbonyl (C=O) groups excluding carboxylic acids is 2. The summed E-state index contributed by atoms with van der Waals surface area (Å²) >= 11 is 5.84. The van der Waals surface area contributed by atoms with Gasteiger partial charge in [-0.05, 0) is 23.8 Å². The molecule has 5 nitrogen and oxygen atoms in total. The number of nitrogens with two attached hydrogens (primary N) is 1. The summed E-state index contributed by atoms with van der Waals surface area (Å²) in [5.74, 6) is -0.721. The number of nitrogens with zero attached hydrogens (tertiary/aromatic N) is 1. The fourth-order valence-electron chi connectivity index (χ4n) is 1.58. The minimum absolute atomic E-state index is 0.0772. The van der Waals surface area contributed by atoms with Crippen LogP contribution >= 0.6 is 11.6 Å². The summed E-state index contributed by atoms with van der Waals surface area (Å²) < 4.78 is 4.82. The molecule has 0 aromatic heterocycles. The Labute approximate surface area is 103 Å². The molecule has 1 aromatic rings. The molecule has 0 unspecified atom stereocenters. The maximum Gasteiger partial charge on any atom is 0.255 e. The van der Waals surface area contributed by atoms with Crippen LogP contribution in [0, 0.1) is 0 Å². The predicted octanol–water partition coefficient (Wildman–Crippen LogP) is 0.808. The van der Waals surface area contributed by atoms with E-state index in [1.165, 1.54) is 0 Å². The summed E-state index contributed by atoms with van der Waals surface area (Å²) in [6.45, 7) is -0.0220. The van der Waals surface area contributed by atoms with Gasteiger partial charge < -0.3 is 10.5 Å². The average molecular weight is 255 g/mol. The number of hydrogen-bond donors (Lipinski definition) is 1. The van der Waals surface area contributed by atoms with Gasteiger partial charge in [-0.1, -0.05) is 11.6 Å². The zero-order chi connectivity index (χ0) is 12.4. The number of imide groups is 1. The third kappa shape index (κ3) is 2.57. The lowest BCUT2D eigenvalue weighted by atomic mass is 10.1. The Morgan fingerprint density at radius 1 is 1.29 bits per heavy atom. The van der Waals surface area contributed by atoms with Crippen LogP contribution in [0.25, 0.3) is 0 Å². The smallest absolute Gasteiger partial charge is 0.255 e. The second-order valence-electron chi connectivity index (χ2n) is 3.71. The quantitative estimate of drug-likeness (QED) is 0.626. The van der Waals surface area contributed by atoms with Gasteiger partial charge in [-0.2, -0.15) is 0 Å². The van der Waals surface area contributed by atoms with Crippen LogP contribution in [0.1, 0.15) is 5.56 Å². The fraction of sp³-hybridized carbons (Fsp3) is 0.273. The molecule has 2 amide bonds. The predicted molar refractivity (Wildman–Crippen MR) is 62.2 cm³/mol. The van der Waals surface area contributed by atoms with Gasteiger partial charge in [0.2, 0.25) is 0 Å². The van der Waals surface area contributed by atoms with Crippen molar-refractivity contribution in [1.82, 2.24) is 4.90 Å². The first-order valence-corrected chi connectivity index (χ1v) is 5.40. The van der Waals surface area contributed by atoms with Crippen LogP contribution < -0.4 is 5.73 Å². The molecule has 1 heterocycles. The molecule has 1 fully saturated rings. The maximum absolute atomic E-state index is 11.5. The number of amides is 2. The molecule has 0 saturated carbocycles. The lowest BCUT2D eigenvalue weighted by molar-refractivity contribution is -0.159. The molecular formula is C11H11ClN2O3. The molecule has 2 N–H and O–H groups in total. The molecular weight excluding hydrogens is 244 g/mol. The molecule has 2 rings (SSSR count). The highest BCUT2D eigenvalue weighted by molar-refractivity contribution is 6.30. The lowest BCUT2D eigenvalue weighted by Gasteiger charge is -2.25. The normalized spacial score (nSPS) is 16.4. The van der Waals surface area contributed by atoms with Crippen molar-refractivity contribution in [1.29, 1.82) is 0 Å². The van der Waals surface area contributed by atoms with Crippen molar-refractivity contribution in [3.8, 4) is 0 Å². The molecule has 1 aliphatic rings. The zero-order valence-corrected chi connectivity index (χ0v) is 9.74. The van der Waals surface area contributed by atoms with Crippen LogP contribution in [-0.4, -0.2) is 29.9 Å². The summed E-state index contributed by atoms with van der Waals surface area (Å²) in [4.78, 5) is 24.2. The minimum Gasteiger partial charge on any atom is -0.398 e. The molecule has 1 aromatic carbocycles. The zero-order valence-electron chi connectivity index (χ0n) is 8.98. The Morgan fingerprint density at radius 3 is 2.59 bits per heavy atom. The molecule has 1 saturated heterocycles. The van der Waals surface area contributed by atoms with Gasteiger partial charge in [0.1, 0.15) is 13.2 Å². The van der Waals surface area contributed by atoms with E-state index in [4.69, 9.17) is 22.1 Å². The summed E-state index contributed by atoms with van der Waals surface area (Å²) in [6.07, 6.45) is 0. The maximum atomic E-state index is 11.5. The number of benzene rings is 1. The van der Waals surface area contributed by atoms with E-state index in [0.717, 1.165) is 4.90 Å². The number of hydrogen-bond acceptors (Lipinski definition) is 4. The number of carbonyl (C=O) groups is 2. The third-order valence-corrected chi connectivity index (χ3v) is 2.72. The minimum atomic E-state index is -0.361. The van der Waals surface area contributed by atoms with E-state index < -0.39 is 0 Å². The molecule has 17 heavy (non-hydrogen) atoms. The summed E-state index contributed by atoms with van der Waals surface area (Å²) in [5, 5.41) is 0.516. The average Bonchev–Trinajstić information content (AvgIpc) is 2.28. The van der Waals surface area contributed by atoms with Gasteiger partial charge in [-0.15, -0.1) is 0 Å². The van der Waals surface area contributed by atoms with Crippen molar-refractivity contribution in [2.75, 3.05) is 18.9 Å². The van der Waals surface area contributed by atoms with E-state index in [2.05, 4.69) is 0 Å². The van der Waals surface area contributed by atoms with Gasteiger partial charge in [-0.25, -0.2) is 0 Å². The van der Waals surface area contributed by atoms with E-state index in [1.54, 1.807) is 18.2 Å². The molecule has 0 atom stereocenters. The van der Waals surface area contributed by atoms with Crippen molar-refractivity contribution in [3.05, 3.63) is 28.8 Å². The Bertz CT molecular complexity index is 460. The second-order valence-corrected chi connectivity index (χ2v) is 4.15. The number of rotatable bonds is 2. The molecule has 6 heteroatoms. The van der Waals surface area contributed by atoms with E-state index in [9.17, 15) is 9.59 Å². The highest BCUT2D eigenvalue weighted by Gasteiger charge is 2.27. The molecule has 0 bridgehead atoms. The number of ether oxygens (including phenoxy) is 1. The monoisotopic (exact) mass is 254 g/mol. The number of anilines is 1. The Kier molecular flexibility index (Phi) is 3.31. The van der Waals surface area contributed by atoms with Crippen LogP contribution in [0.3, 0.4) is 0 Å². The first-order chi connectivity index (χ1) is 8.08. The van der Waals surface area contributed by atoms with Crippen LogP contribution in [0.4, 0.5) is 5.69 Å². The molecule has 0 radical (unpaired) electrons. The molecule has 0 aliphatic carbocycles. The summed E-state index contributed by atoms with van der Waals surface area (Å²) in [6, 6.07) is 4.95. The third-order valence-electron chi connectivity index (χ3n) is 2.49. The van der Waals surface area contributed by atoms with Crippen molar-refractivity contribution < 1.29 is 14.3 Å². The summed E-state index contributed by atoms with van der Waals surface area (Å²) in [7, 11) is 0. The molecule has 1 aliphatic heterocycles. The largest absolute Gasteiger partial charge is 0.398 e. The Morgan fingerprint density at radius 2 is 1.94 bits per heavy atom. The van der Waals surface area contributed by atoms with E-state index in [1.807, 2.05) is 0 Å². The SMILES string of the molecule is Nc1ccc(Cl)cc1CN1C(=O)COCC1=O. The molecule has 90 valence electrons. The fourth-order valence-corrected chi connectivity index (χ4v) is 1.77. The first kappa shape index (κ1) is 11.9. The number of halogens is 1. The number of morpholine rings is 1. The lowest BCUT2D eigenvalue weighted by Crippen LogP contribution is -2.45. The van der Waals surface area contributed by atoms with Gasteiger partial charge in [0.15, 0.2) is 0 Å². The van der Waals surface area contributed by atoms with E-state index in [0.29, 0.717) is 16.3 Å². The highest BCUT2D eigenvalue weighted by Crippen LogP contribution is 2.20. The van der Waals surface area contributed by atoms with Gasteiger partial charge >= 0.3 is 0 Å². The van der Waals surface area contributed by atoms with E-state index in [-0.39, 0.29) is 31.6 Å². The van der Waals surface area contributed by atoms with Crippen molar-refractivity contribution >= 4 is 29.1 Å². The van der Waals surface area contributed by atoms with Crippen molar-refractivity contribution in [2.24, 2.45) is 0 Å². The van der Waals surface area contributed by atoms with E-state index >= 15 is 0 Å². The first-order valence-electron chi connectivity index (χ1n) is 5.03. The highest BCUT2D eigenvalue weighted by atomic mass is 35.5. The van der Waals surface area contributed by atoms with Crippen molar-refractivity contribution in [2.45, 2.75) is 6.54 Å². The standard InChI is InChI=1S/C11H11ClN2O3/c12-8-1-2-9(13)7(3-8)4-14-10(15)5-17-6-11(14)16/h1-3H,4-6,13H2. The van der Waals surface area contributed by atoms with Gasteiger partial charge in [0.25, 0.3) is 11.8 Å². The topological polar surface area (TPSA) is 72.6 Å².